The third-order valence-electron chi connectivity index (χ3n) is 25.6. The van der Waals surface area contributed by atoms with Gasteiger partial charge in [0.15, 0.2) is 12.6 Å². The summed E-state index contributed by atoms with van der Waals surface area (Å²) in [7, 11) is 1.00. The van der Waals surface area contributed by atoms with Crippen molar-refractivity contribution in [3.63, 3.8) is 0 Å². The number of unbranched alkanes of at least 4 members (excludes halogenated alkanes) is 30. The predicted molar refractivity (Wildman–Crippen MR) is 464 cm³/mol. The molecule has 46 heteroatoms. The third-order valence-corrected chi connectivity index (χ3v) is 25.6. The van der Waals surface area contributed by atoms with Crippen molar-refractivity contribution in [3.8, 4) is 0 Å². The summed E-state index contributed by atoms with van der Waals surface area (Å²) in [6.07, 6.45) is -22.4. The van der Waals surface area contributed by atoms with Gasteiger partial charge in [0.25, 0.3) is 17.4 Å². The molecule has 0 aromatic carbocycles. The quantitative estimate of drug-likeness (QED) is 0.0256. The van der Waals surface area contributed by atoms with Crippen LogP contribution in [-0.2, 0) is 85.7 Å². The lowest BCUT2D eigenvalue weighted by Crippen LogP contribution is -2.71. The zero-order valence-corrected chi connectivity index (χ0v) is 77.4. The molecule has 4 amide bonds. The van der Waals surface area contributed by atoms with Crippen molar-refractivity contribution in [3.05, 3.63) is 0 Å². The topological polar surface area (TPSA) is 755 Å². The van der Waals surface area contributed by atoms with Gasteiger partial charge in [-0.1, -0.05) is 219 Å². The van der Waals surface area contributed by atoms with Gasteiger partial charge in [0.05, 0.1) is 88.2 Å². The van der Waals surface area contributed by atoms with Crippen LogP contribution in [0.15, 0.2) is 0 Å². The Labute approximate surface area is 780 Å². The van der Waals surface area contributed by atoms with Crippen molar-refractivity contribution in [2.24, 2.45) is 0 Å². The number of hydrogen-bond donors (Lipinski definition) is 28. The van der Waals surface area contributed by atoms with Gasteiger partial charge in [0.2, 0.25) is 23.6 Å². The molecule has 5 saturated heterocycles. The van der Waals surface area contributed by atoms with Crippen LogP contribution in [0, 0.1) is 0 Å². The Morgan fingerprint density at radius 2 is 0.769 bits per heavy atom. The number of amides is 4. The molecule has 46 nitrogen and oxygen atoms in total. The second kappa shape index (κ2) is 62.3. The van der Waals surface area contributed by atoms with Crippen LogP contribution in [0.5, 0.6) is 0 Å². The Hall–Kier alpha value is -4.99. The first-order chi connectivity index (χ1) is 63.9. The highest BCUT2D eigenvalue weighted by atomic mass is 16.8. The van der Waals surface area contributed by atoms with Gasteiger partial charge >= 0.3 is 17.9 Å². The smallest absolute Gasteiger partial charge is 0.364 e. The number of carbonyl (C=O) groups is 7. The number of aliphatic carboxylic acids is 3. The van der Waals surface area contributed by atoms with Crippen LogP contribution in [-0.4, -0.2) is 425 Å². The average Bonchev–Trinajstić information content (AvgIpc) is 0.764. The summed E-state index contributed by atoms with van der Waals surface area (Å²) in [5, 5.41) is 273. The molecule has 782 valence electrons. The molecule has 0 aliphatic carbocycles. The van der Waals surface area contributed by atoms with Gasteiger partial charge in [-0.25, -0.2) is 14.4 Å². The lowest BCUT2D eigenvalue weighted by molar-refractivity contribution is -0.386. The van der Waals surface area contributed by atoms with E-state index in [0.717, 1.165) is 77.7 Å². The maximum Gasteiger partial charge on any atom is 0.364 e. The number of ether oxygens (including phenoxy) is 11. The number of hydrogen-bond acceptors (Lipinski definition) is 39. The normalized spacial score (nSPS) is 31.3. The minimum atomic E-state index is -3.51. The first kappa shape index (κ1) is 119. The van der Waals surface area contributed by atoms with E-state index in [1.165, 1.54) is 122 Å². The van der Waals surface area contributed by atoms with Crippen molar-refractivity contribution >= 4 is 41.5 Å². The van der Waals surface area contributed by atoms with Crippen molar-refractivity contribution in [2.45, 2.75) is 446 Å². The summed E-state index contributed by atoms with van der Waals surface area (Å²) in [6, 6.07) is -7.65. The number of aliphatic hydroxyl groups excluding tert-OH is 21. The summed E-state index contributed by atoms with van der Waals surface area (Å²) >= 11 is 0. The lowest BCUT2D eigenvalue weighted by Gasteiger charge is -2.50. The fourth-order valence-corrected chi connectivity index (χ4v) is 17.5. The largest absolute Gasteiger partial charge is 0.477 e. The third kappa shape index (κ3) is 36.5. The molecule has 5 aliphatic rings. The summed E-state index contributed by atoms with van der Waals surface area (Å²) in [6.45, 7) is -6.66. The maximum absolute atomic E-state index is 14.1. The molecule has 134 heavy (non-hydrogen) atoms. The first-order valence-electron chi connectivity index (χ1n) is 47.8. The number of carboxylic acids is 3. The Morgan fingerprint density at radius 3 is 1.14 bits per heavy atom. The van der Waals surface area contributed by atoms with Crippen molar-refractivity contribution in [2.75, 3.05) is 66.6 Å². The lowest BCUT2D eigenvalue weighted by atomic mass is 9.88. The fraction of sp³-hybridized carbons (Fsp3) is 0.920. The van der Waals surface area contributed by atoms with E-state index in [9.17, 15) is 156 Å². The van der Waals surface area contributed by atoms with Gasteiger partial charge in [-0.2, -0.15) is 0 Å². The Balaban J connectivity index is 1.26. The van der Waals surface area contributed by atoms with Gasteiger partial charge in [0.1, 0.15) is 136 Å². The zero-order chi connectivity index (χ0) is 99.4. The molecular weight excluding hydrogens is 1780 g/mol. The van der Waals surface area contributed by atoms with E-state index in [1.54, 1.807) is 0 Å². The molecule has 0 aromatic rings. The molecule has 28 N–H and O–H groups in total. The van der Waals surface area contributed by atoms with E-state index in [4.69, 9.17) is 52.1 Å². The highest BCUT2D eigenvalue weighted by Crippen LogP contribution is 2.41. The van der Waals surface area contributed by atoms with Gasteiger partial charge < -0.3 is 196 Å². The second-order valence-electron chi connectivity index (χ2n) is 36.0. The maximum atomic E-state index is 14.1. The van der Waals surface area contributed by atoms with Crippen LogP contribution in [0.3, 0.4) is 0 Å². The minimum Gasteiger partial charge on any atom is -0.477 e. The van der Waals surface area contributed by atoms with Crippen molar-refractivity contribution in [1.29, 1.82) is 0 Å². The van der Waals surface area contributed by atoms with Crippen LogP contribution in [0.4, 0.5) is 0 Å². The SMILES string of the molecule is CCCCCCCCCCCCCCCCCCCCCC[C@@H](O)C(=O)N[C@@H](CO[C@@H]1O[C@H](CO)[C@@H](O[C@@H]2O[C@H](CO)[C@H](O)[C@H](O[C@]3(C(=O)O)C[C@H](O)[C@@H](NC(=O)CO[C@]4(C(=O)O)C[C@H](O)[C@@H](NC(=O)CO[C@]5(C(=O)O)C[C@H](O)[C@@H](NC(=O)CO)[C@H]([C@H](O)[C@@H](CO)OC)O5)[C@H]([C@H](O)[C@H](O)CO)O4)[C@H]([C@H](O)[C@H](O)CO)O3)[C@H]2O)[C@H](O)[C@H]1O)[C@H](O)[C@H](O)CCCCCCCCCCCCCC. The van der Waals surface area contributed by atoms with Crippen LogP contribution >= 0.6 is 0 Å². The molecule has 32 atom stereocenters. The van der Waals surface area contributed by atoms with Crippen molar-refractivity contribution < 1.29 is 208 Å². The predicted octanol–water partition coefficient (Wildman–Crippen LogP) is -4.41. The van der Waals surface area contributed by atoms with E-state index >= 15 is 0 Å². The summed E-state index contributed by atoms with van der Waals surface area (Å²) < 4.78 is 61.8. The number of carbonyl (C=O) groups excluding carboxylic acids is 4. The molecule has 0 spiro atoms. The molecule has 5 heterocycles. The summed E-state index contributed by atoms with van der Waals surface area (Å²) in [5.41, 5.74) is 0. The molecule has 0 radical (unpaired) electrons. The Bertz CT molecular complexity index is 3310. The summed E-state index contributed by atoms with van der Waals surface area (Å²) in [5.74, 6) is -21.8. The highest BCUT2D eigenvalue weighted by molar-refractivity contribution is 5.82. The molecule has 0 bridgehead atoms. The Kier molecular flexibility index (Phi) is 55.6. The average molecular weight is 1940 g/mol. The molecule has 0 unspecified atom stereocenters. The Morgan fingerprint density at radius 1 is 0.403 bits per heavy atom. The van der Waals surface area contributed by atoms with E-state index < -0.39 is 315 Å². The van der Waals surface area contributed by atoms with Crippen LogP contribution < -0.4 is 21.3 Å². The molecule has 0 saturated carbocycles. The number of rotatable bonds is 70. The molecular formula is C88H158N4O42. The summed E-state index contributed by atoms with van der Waals surface area (Å²) in [4.78, 5) is 93.6. The second-order valence-corrected chi connectivity index (χ2v) is 36.0. The first-order valence-corrected chi connectivity index (χ1v) is 47.8. The number of nitrogens with one attached hydrogen (secondary N) is 4. The number of aliphatic hydroxyl groups is 21. The molecule has 5 fully saturated rings. The van der Waals surface area contributed by atoms with Gasteiger partial charge in [0, 0.05) is 26.4 Å². The monoisotopic (exact) mass is 1940 g/mol. The van der Waals surface area contributed by atoms with E-state index in [-0.39, 0.29) is 12.8 Å². The number of methoxy groups -OCH3 is 1. The highest BCUT2D eigenvalue weighted by Gasteiger charge is 2.63. The fourth-order valence-electron chi connectivity index (χ4n) is 17.5. The van der Waals surface area contributed by atoms with Crippen molar-refractivity contribution in [1.82, 2.24) is 21.3 Å². The van der Waals surface area contributed by atoms with E-state index in [1.807, 2.05) is 0 Å². The van der Waals surface area contributed by atoms with Gasteiger partial charge in [-0.05, 0) is 12.8 Å². The van der Waals surface area contributed by atoms with Gasteiger partial charge in [-0.3, -0.25) is 19.2 Å². The van der Waals surface area contributed by atoms with Crippen LogP contribution in [0.25, 0.3) is 0 Å². The van der Waals surface area contributed by atoms with E-state index in [2.05, 4.69) is 35.1 Å². The number of carboxylic acid groups (broad SMARTS) is 3. The van der Waals surface area contributed by atoms with Crippen LogP contribution in [0.1, 0.15) is 251 Å². The van der Waals surface area contributed by atoms with Crippen LogP contribution in [0.2, 0.25) is 0 Å². The van der Waals surface area contributed by atoms with E-state index in [0.29, 0.717) is 12.8 Å². The zero-order valence-electron chi connectivity index (χ0n) is 77.4. The minimum absolute atomic E-state index is 0.0584. The molecule has 5 rings (SSSR count). The van der Waals surface area contributed by atoms with Gasteiger partial charge in [-0.15, -0.1) is 0 Å². The standard InChI is InChI=1S/C88H158N4O42/c1-4-6-8-10-12-14-16-18-19-20-21-22-23-24-25-27-29-31-33-35-37-52(100)80(117)89-50(67(109)51(99)36-34-32-30-28-26-17-15-13-11-9-7-5-2)47-125-81-73(115)72(114)75(60(45-97)129-81)130-82-74(116)79(71(113)59(44-96)128-82)134-88(85(122)123)40-55(103)65(77(133-88)69(111)57(105)42-94)92-63(108)48-126-86(83(118)119)38-53(101)64(76(131-86)68(110)56(104)41-93)91-62(107)49-127-87(84(120)121)39-54(102)66(90-61(106)46-98)78(132-87)70(112)58(43-95)124-3/h50-60,64-79,81-82,93-105,109-116H,4-49H2,1-3H3,(H,89,117)(H,90,106)(H,91,107)(H,92,108)(H,118,119)(H,120,121)(H,122,123)/t50-,51+,52+,53-,54-,55-,56+,57+,58+,59+,60+,64+,65+,66+,67-,68+,69+,70+,71-,72+,73+,74+,75+,76+,77+,78+,79-,81+,82-,86+,87+,88-/m0/s1. The molecule has 0 aromatic heterocycles. The molecule has 5 aliphatic heterocycles.